The van der Waals surface area contributed by atoms with Crippen LogP contribution in [-0.4, -0.2) is 18.9 Å². The van der Waals surface area contributed by atoms with E-state index in [9.17, 15) is 4.79 Å². The van der Waals surface area contributed by atoms with Gasteiger partial charge in [-0.3, -0.25) is 4.79 Å². The summed E-state index contributed by atoms with van der Waals surface area (Å²) in [4.78, 5) is 14.6. The van der Waals surface area contributed by atoms with E-state index < -0.39 is 0 Å². The molecule has 0 aliphatic carbocycles. The largest absolute Gasteiger partial charge is 0.372 e. The molecule has 3 heteroatoms. The number of hydrogen-bond donors (Lipinski definition) is 0. The molecule has 1 aliphatic rings. The number of benzene rings is 2. The molecular formula is C20H20ClNO. The topological polar surface area (TPSA) is 20.3 Å². The van der Waals surface area contributed by atoms with Crippen molar-refractivity contribution in [3.05, 3.63) is 70.8 Å². The molecule has 1 aliphatic heterocycles. The number of allylic oxidation sites excluding steroid dienone is 1. The zero-order valence-corrected chi connectivity index (χ0v) is 13.8. The summed E-state index contributed by atoms with van der Waals surface area (Å²) in [5.41, 5.74) is 2.89. The summed E-state index contributed by atoms with van der Waals surface area (Å²) in [7, 11) is 0. The standard InChI is InChI=1S/C20H20ClNO/c21-18-9-4-16(5-10-18)6-13-20(23)17-7-11-19(12-8-17)22-14-2-1-3-15-22/h4-13H,1-3,14-15H2/b13-6+. The van der Waals surface area contributed by atoms with Crippen LogP contribution in [0.5, 0.6) is 0 Å². The van der Waals surface area contributed by atoms with Gasteiger partial charge in [-0.05, 0) is 67.3 Å². The predicted molar refractivity (Wildman–Crippen MR) is 97.3 cm³/mol. The van der Waals surface area contributed by atoms with Crippen LogP contribution < -0.4 is 4.90 Å². The molecule has 2 aromatic carbocycles. The second-order valence-electron chi connectivity index (χ2n) is 5.84. The average Bonchev–Trinajstić information content (AvgIpc) is 2.62. The van der Waals surface area contributed by atoms with Gasteiger partial charge in [0.25, 0.3) is 0 Å². The number of hydrogen-bond acceptors (Lipinski definition) is 2. The Balaban J connectivity index is 1.66. The molecular weight excluding hydrogens is 306 g/mol. The third kappa shape index (κ3) is 4.23. The van der Waals surface area contributed by atoms with E-state index in [4.69, 9.17) is 11.6 Å². The summed E-state index contributed by atoms with van der Waals surface area (Å²) in [6.07, 6.45) is 7.26. The highest BCUT2D eigenvalue weighted by Gasteiger charge is 2.11. The number of carbonyl (C=O) groups excluding carboxylic acids is 1. The Morgan fingerprint density at radius 1 is 0.913 bits per heavy atom. The SMILES string of the molecule is O=C(/C=C/c1ccc(Cl)cc1)c1ccc(N2CCCCC2)cc1. The minimum Gasteiger partial charge on any atom is -0.372 e. The van der Waals surface area contributed by atoms with Gasteiger partial charge in [0, 0.05) is 29.4 Å². The van der Waals surface area contributed by atoms with E-state index in [0.717, 1.165) is 24.2 Å². The zero-order chi connectivity index (χ0) is 16.1. The van der Waals surface area contributed by atoms with E-state index in [0.29, 0.717) is 5.02 Å². The predicted octanol–water partition coefficient (Wildman–Crippen LogP) is 5.23. The van der Waals surface area contributed by atoms with E-state index in [2.05, 4.69) is 17.0 Å². The third-order valence-electron chi connectivity index (χ3n) is 4.17. The van der Waals surface area contributed by atoms with Gasteiger partial charge >= 0.3 is 0 Å². The third-order valence-corrected chi connectivity index (χ3v) is 4.42. The minimum atomic E-state index is 0.0187. The highest BCUT2D eigenvalue weighted by molar-refractivity contribution is 6.30. The second kappa shape index (κ2) is 7.47. The maximum absolute atomic E-state index is 12.2. The molecule has 0 radical (unpaired) electrons. The number of ketones is 1. The van der Waals surface area contributed by atoms with Crippen molar-refractivity contribution in [2.24, 2.45) is 0 Å². The fourth-order valence-corrected chi connectivity index (χ4v) is 2.96. The molecule has 1 fully saturated rings. The van der Waals surface area contributed by atoms with Crippen molar-refractivity contribution in [3.8, 4) is 0 Å². The molecule has 0 unspecified atom stereocenters. The van der Waals surface area contributed by atoms with Crippen molar-refractivity contribution in [2.75, 3.05) is 18.0 Å². The van der Waals surface area contributed by atoms with E-state index >= 15 is 0 Å². The molecule has 0 atom stereocenters. The highest BCUT2D eigenvalue weighted by atomic mass is 35.5. The Labute approximate surface area is 142 Å². The Kier molecular flexibility index (Phi) is 5.14. The molecule has 2 aromatic rings. The van der Waals surface area contributed by atoms with Crippen LogP contribution >= 0.6 is 11.6 Å². The summed E-state index contributed by atoms with van der Waals surface area (Å²) >= 11 is 5.85. The molecule has 1 heterocycles. The van der Waals surface area contributed by atoms with Crippen LogP contribution in [-0.2, 0) is 0 Å². The van der Waals surface area contributed by atoms with Crippen molar-refractivity contribution < 1.29 is 4.79 Å². The number of nitrogens with zero attached hydrogens (tertiary/aromatic N) is 1. The van der Waals surface area contributed by atoms with Gasteiger partial charge in [0.05, 0.1) is 0 Å². The minimum absolute atomic E-state index is 0.0187. The van der Waals surface area contributed by atoms with Gasteiger partial charge < -0.3 is 4.90 Å². The van der Waals surface area contributed by atoms with Gasteiger partial charge in [0.1, 0.15) is 0 Å². The Morgan fingerprint density at radius 2 is 1.57 bits per heavy atom. The van der Waals surface area contributed by atoms with Crippen LogP contribution in [0.3, 0.4) is 0 Å². The Morgan fingerprint density at radius 3 is 2.22 bits per heavy atom. The van der Waals surface area contributed by atoms with Crippen LogP contribution in [0.15, 0.2) is 54.6 Å². The first kappa shape index (κ1) is 15.8. The summed E-state index contributed by atoms with van der Waals surface area (Å²) in [5.74, 6) is 0.0187. The first-order chi connectivity index (χ1) is 11.2. The molecule has 0 spiro atoms. The van der Waals surface area contributed by atoms with E-state index in [1.807, 2.05) is 42.5 Å². The molecule has 0 aromatic heterocycles. The van der Waals surface area contributed by atoms with Crippen LogP contribution in [0.4, 0.5) is 5.69 Å². The molecule has 3 rings (SSSR count). The lowest BCUT2D eigenvalue weighted by Crippen LogP contribution is -2.29. The molecule has 0 amide bonds. The molecule has 0 saturated carbocycles. The van der Waals surface area contributed by atoms with Gasteiger partial charge in [0.15, 0.2) is 5.78 Å². The summed E-state index contributed by atoms with van der Waals surface area (Å²) in [6, 6.07) is 15.4. The molecule has 1 saturated heterocycles. The summed E-state index contributed by atoms with van der Waals surface area (Å²) in [5, 5.41) is 0.696. The number of anilines is 1. The van der Waals surface area contributed by atoms with Gasteiger partial charge in [-0.1, -0.05) is 29.8 Å². The number of rotatable bonds is 4. The van der Waals surface area contributed by atoms with Crippen LogP contribution in [0.25, 0.3) is 6.08 Å². The number of carbonyl (C=O) groups is 1. The lowest BCUT2D eigenvalue weighted by Gasteiger charge is -2.28. The fourth-order valence-electron chi connectivity index (χ4n) is 2.83. The van der Waals surface area contributed by atoms with Crippen LogP contribution in [0.2, 0.25) is 5.02 Å². The van der Waals surface area contributed by atoms with Gasteiger partial charge in [-0.2, -0.15) is 0 Å². The molecule has 118 valence electrons. The smallest absolute Gasteiger partial charge is 0.185 e. The van der Waals surface area contributed by atoms with Crippen molar-refractivity contribution in [3.63, 3.8) is 0 Å². The maximum Gasteiger partial charge on any atom is 0.185 e. The lowest BCUT2D eigenvalue weighted by molar-refractivity contribution is 0.104. The first-order valence-electron chi connectivity index (χ1n) is 8.05. The fraction of sp³-hybridized carbons (Fsp3) is 0.250. The van der Waals surface area contributed by atoms with Crippen molar-refractivity contribution in [1.82, 2.24) is 0 Å². The van der Waals surface area contributed by atoms with E-state index in [-0.39, 0.29) is 5.78 Å². The molecule has 0 bridgehead atoms. The quantitative estimate of drug-likeness (QED) is 0.567. The van der Waals surface area contributed by atoms with E-state index in [1.54, 1.807) is 6.08 Å². The van der Waals surface area contributed by atoms with Crippen molar-refractivity contribution in [1.29, 1.82) is 0 Å². The second-order valence-corrected chi connectivity index (χ2v) is 6.28. The van der Waals surface area contributed by atoms with Gasteiger partial charge in [-0.25, -0.2) is 0 Å². The lowest BCUT2D eigenvalue weighted by atomic mass is 10.1. The maximum atomic E-state index is 12.2. The Bertz CT molecular complexity index is 683. The van der Waals surface area contributed by atoms with Gasteiger partial charge in [0.2, 0.25) is 0 Å². The van der Waals surface area contributed by atoms with Crippen molar-refractivity contribution in [2.45, 2.75) is 19.3 Å². The monoisotopic (exact) mass is 325 g/mol. The molecule has 23 heavy (non-hydrogen) atoms. The van der Waals surface area contributed by atoms with Crippen LogP contribution in [0.1, 0.15) is 35.2 Å². The highest BCUT2D eigenvalue weighted by Crippen LogP contribution is 2.20. The Hall–Kier alpha value is -2.06. The number of halogens is 1. The summed E-state index contributed by atoms with van der Waals surface area (Å²) < 4.78 is 0. The molecule has 2 nitrogen and oxygen atoms in total. The molecule has 0 N–H and O–H groups in total. The zero-order valence-electron chi connectivity index (χ0n) is 13.0. The normalized spacial score (nSPS) is 15.1. The summed E-state index contributed by atoms with van der Waals surface area (Å²) in [6.45, 7) is 2.23. The van der Waals surface area contributed by atoms with Crippen molar-refractivity contribution >= 4 is 29.1 Å². The van der Waals surface area contributed by atoms with Crippen LogP contribution in [0, 0.1) is 0 Å². The van der Waals surface area contributed by atoms with Gasteiger partial charge in [-0.15, -0.1) is 0 Å². The average molecular weight is 326 g/mol. The van der Waals surface area contributed by atoms with E-state index in [1.165, 1.54) is 24.9 Å². The first-order valence-corrected chi connectivity index (χ1v) is 8.43. The number of piperidine rings is 1.